The van der Waals surface area contributed by atoms with Gasteiger partial charge in [0.2, 0.25) is 17.7 Å². The van der Waals surface area contributed by atoms with E-state index in [1.165, 1.54) is 0 Å². The number of aromatic nitrogens is 2. The highest BCUT2D eigenvalue weighted by molar-refractivity contribution is 6.01. The number of benzene rings is 2. The number of primary amides is 1. The molecule has 4 amide bonds. The van der Waals surface area contributed by atoms with Gasteiger partial charge in [-0.25, -0.2) is 4.98 Å². The van der Waals surface area contributed by atoms with Crippen molar-refractivity contribution in [2.45, 2.75) is 103 Å². The number of carbonyl (C=O) groups is 4. The Morgan fingerprint density at radius 2 is 1.62 bits per heavy atom. The summed E-state index contributed by atoms with van der Waals surface area (Å²) in [6.45, 7) is 8.47. The summed E-state index contributed by atoms with van der Waals surface area (Å²) in [7, 11) is 0. The van der Waals surface area contributed by atoms with Crippen LogP contribution in [-0.4, -0.2) is 68.7 Å². The maximum atomic E-state index is 14.5. The Kier molecular flexibility index (Phi) is 11.8. The molecule has 278 valence electrons. The van der Waals surface area contributed by atoms with Crippen LogP contribution in [0.25, 0.3) is 0 Å². The van der Waals surface area contributed by atoms with E-state index in [2.05, 4.69) is 31.1 Å². The minimum Gasteiger partial charge on any atom is -0.368 e. The molecule has 2 fully saturated rings. The van der Waals surface area contributed by atoms with Crippen LogP contribution in [-0.2, 0) is 20.9 Å². The summed E-state index contributed by atoms with van der Waals surface area (Å²) in [6, 6.07) is 17.3. The average molecular weight is 709 g/mol. The van der Waals surface area contributed by atoms with Gasteiger partial charge in [0, 0.05) is 49.6 Å². The Balaban J connectivity index is 1.17. The third kappa shape index (κ3) is 8.76. The smallest absolute Gasteiger partial charge is 0.254 e. The first-order valence-electron chi connectivity index (χ1n) is 19.3. The van der Waals surface area contributed by atoms with Crippen molar-refractivity contribution in [2.75, 3.05) is 19.6 Å². The molecule has 0 spiro atoms. The quantitative estimate of drug-likeness (QED) is 0.235. The average Bonchev–Trinajstić information content (AvgIpc) is 3.66. The van der Waals surface area contributed by atoms with Gasteiger partial charge in [0.1, 0.15) is 0 Å². The van der Waals surface area contributed by atoms with E-state index in [9.17, 15) is 19.2 Å². The summed E-state index contributed by atoms with van der Waals surface area (Å²) in [5.74, 6) is -0.536. The SMILES string of the molecule is CC(C)(C)C1CCC(NC(=O)C2c3ccccc3C(=O)N(CC3CCC(C(=O)N(CCCn4ccnc4)CC(N)=O)CC3)C2c2ccccc2)CC1. The van der Waals surface area contributed by atoms with Crippen molar-refractivity contribution in [1.82, 2.24) is 24.7 Å². The van der Waals surface area contributed by atoms with Gasteiger partial charge in [-0.3, -0.25) is 19.2 Å². The monoisotopic (exact) mass is 708 g/mol. The van der Waals surface area contributed by atoms with Crippen molar-refractivity contribution in [3.8, 4) is 0 Å². The number of fused-ring (bicyclic) bond motifs is 1. The minimum atomic E-state index is -0.542. The van der Waals surface area contributed by atoms with Crippen LogP contribution in [0.1, 0.15) is 112 Å². The lowest BCUT2D eigenvalue weighted by Gasteiger charge is -2.44. The van der Waals surface area contributed by atoms with Gasteiger partial charge in [-0.2, -0.15) is 0 Å². The lowest BCUT2D eigenvalue weighted by molar-refractivity contribution is -0.140. The molecule has 10 heteroatoms. The molecule has 0 saturated heterocycles. The number of imidazole rings is 1. The van der Waals surface area contributed by atoms with Crippen LogP contribution in [0.5, 0.6) is 0 Å². The second kappa shape index (κ2) is 16.5. The highest BCUT2D eigenvalue weighted by atomic mass is 16.2. The lowest BCUT2D eigenvalue weighted by atomic mass is 9.71. The standard InChI is InChI=1S/C42H56N6O4/c1-42(2,3)32-18-20-33(21-19-32)45-39(50)37-34-12-7-8-13-35(34)41(52)48(38(37)30-10-5-4-6-11-30)26-29-14-16-31(17-15-29)40(51)47(27-36(43)49)24-9-23-46-25-22-44-28-46/h4-8,10-13,22,25,28-29,31-33,37-38H,9,14-21,23-24,26-27H2,1-3H3,(H2,43,49)(H,45,50). The van der Waals surface area contributed by atoms with Crippen LogP contribution in [0.4, 0.5) is 0 Å². The first-order valence-corrected chi connectivity index (χ1v) is 19.3. The number of hydrogen-bond donors (Lipinski definition) is 2. The van der Waals surface area contributed by atoms with E-state index in [0.717, 1.165) is 49.7 Å². The summed E-state index contributed by atoms with van der Waals surface area (Å²) in [5.41, 5.74) is 8.14. The van der Waals surface area contributed by atoms with Crippen molar-refractivity contribution in [3.05, 3.63) is 90.0 Å². The summed E-state index contributed by atoms with van der Waals surface area (Å²) in [6.07, 6.45) is 13.0. The van der Waals surface area contributed by atoms with Crippen LogP contribution in [0.2, 0.25) is 0 Å². The first-order chi connectivity index (χ1) is 25.0. The number of carbonyl (C=O) groups excluding carboxylic acids is 4. The molecule has 2 aromatic carbocycles. The molecule has 2 unspecified atom stereocenters. The fraction of sp³-hybridized carbons (Fsp3) is 0.548. The van der Waals surface area contributed by atoms with E-state index in [-0.39, 0.29) is 47.6 Å². The molecule has 1 aromatic heterocycles. The molecule has 3 aliphatic rings. The number of nitrogens with two attached hydrogens (primary N) is 1. The molecule has 3 aromatic rings. The molecule has 10 nitrogen and oxygen atoms in total. The van der Waals surface area contributed by atoms with Crippen molar-refractivity contribution in [1.29, 1.82) is 0 Å². The predicted octanol–water partition coefficient (Wildman–Crippen LogP) is 6.10. The largest absolute Gasteiger partial charge is 0.368 e. The van der Waals surface area contributed by atoms with E-state index < -0.39 is 17.9 Å². The first kappa shape index (κ1) is 37.3. The number of hydrogen-bond acceptors (Lipinski definition) is 5. The molecule has 52 heavy (non-hydrogen) atoms. The van der Waals surface area contributed by atoms with E-state index in [0.29, 0.717) is 50.4 Å². The minimum absolute atomic E-state index is 0.0186. The maximum Gasteiger partial charge on any atom is 0.254 e. The summed E-state index contributed by atoms with van der Waals surface area (Å²) < 4.78 is 1.95. The van der Waals surface area contributed by atoms with Crippen LogP contribution in [0.15, 0.2) is 73.3 Å². The molecule has 2 saturated carbocycles. The van der Waals surface area contributed by atoms with Crippen LogP contribution >= 0.6 is 0 Å². The Hall–Kier alpha value is -4.47. The van der Waals surface area contributed by atoms with Crippen molar-refractivity contribution in [3.63, 3.8) is 0 Å². The van der Waals surface area contributed by atoms with Crippen LogP contribution in [0, 0.1) is 23.2 Å². The van der Waals surface area contributed by atoms with E-state index in [1.807, 2.05) is 70.3 Å². The third-order valence-corrected chi connectivity index (χ3v) is 11.9. The normalized spacial score (nSPS) is 24.9. The molecule has 2 aliphatic carbocycles. The number of nitrogens with one attached hydrogen (secondary N) is 1. The summed E-state index contributed by atoms with van der Waals surface area (Å²) in [5, 5.41) is 3.45. The lowest BCUT2D eigenvalue weighted by Crippen LogP contribution is -2.51. The molecular formula is C42H56N6O4. The van der Waals surface area contributed by atoms with E-state index in [4.69, 9.17) is 5.73 Å². The van der Waals surface area contributed by atoms with Gasteiger partial charge in [-0.15, -0.1) is 0 Å². The van der Waals surface area contributed by atoms with Crippen molar-refractivity contribution < 1.29 is 19.2 Å². The Bertz CT molecular complexity index is 1670. The molecule has 3 N–H and O–H groups in total. The van der Waals surface area contributed by atoms with E-state index in [1.54, 1.807) is 17.4 Å². The Morgan fingerprint density at radius 3 is 2.27 bits per heavy atom. The van der Waals surface area contributed by atoms with Crippen molar-refractivity contribution >= 4 is 23.6 Å². The molecule has 2 atom stereocenters. The van der Waals surface area contributed by atoms with Gasteiger partial charge in [0.05, 0.1) is 24.8 Å². The topological polar surface area (TPSA) is 131 Å². The maximum absolute atomic E-state index is 14.5. The molecule has 6 rings (SSSR count). The van der Waals surface area contributed by atoms with Gasteiger partial charge < -0.3 is 25.4 Å². The highest BCUT2D eigenvalue weighted by Crippen LogP contribution is 2.45. The number of nitrogens with zero attached hydrogens (tertiary/aromatic N) is 4. The Labute approximate surface area is 308 Å². The zero-order valence-corrected chi connectivity index (χ0v) is 31.1. The summed E-state index contributed by atoms with van der Waals surface area (Å²) in [4.78, 5) is 62.1. The van der Waals surface area contributed by atoms with Crippen molar-refractivity contribution in [2.24, 2.45) is 28.9 Å². The molecule has 2 heterocycles. The van der Waals surface area contributed by atoms with Gasteiger partial charge in [-0.1, -0.05) is 69.3 Å². The predicted molar refractivity (Wildman–Crippen MR) is 201 cm³/mol. The molecule has 0 radical (unpaired) electrons. The van der Waals surface area contributed by atoms with Gasteiger partial charge in [0.25, 0.3) is 5.91 Å². The zero-order chi connectivity index (χ0) is 36.8. The van der Waals surface area contributed by atoms with Gasteiger partial charge in [-0.05, 0) is 92.2 Å². The third-order valence-electron chi connectivity index (χ3n) is 11.9. The second-order valence-corrected chi connectivity index (χ2v) is 16.4. The van der Waals surface area contributed by atoms with Gasteiger partial charge >= 0.3 is 0 Å². The molecule has 1 aliphatic heterocycles. The molecular weight excluding hydrogens is 652 g/mol. The summed E-state index contributed by atoms with van der Waals surface area (Å²) >= 11 is 0. The van der Waals surface area contributed by atoms with E-state index >= 15 is 0 Å². The number of amides is 4. The van der Waals surface area contributed by atoms with Crippen LogP contribution < -0.4 is 11.1 Å². The fourth-order valence-electron chi connectivity index (χ4n) is 8.94. The second-order valence-electron chi connectivity index (χ2n) is 16.4. The highest BCUT2D eigenvalue weighted by Gasteiger charge is 2.46. The Morgan fingerprint density at radius 1 is 0.923 bits per heavy atom. The van der Waals surface area contributed by atoms with Crippen LogP contribution in [0.3, 0.4) is 0 Å². The number of rotatable bonds is 12. The molecule has 0 bridgehead atoms. The van der Waals surface area contributed by atoms with Gasteiger partial charge in [0.15, 0.2) is 0 Å². The number of aryl methyl sites for hydroxylation is 1. The zero-order valence-electron chi connectivity index (χ0n) is 31.1. The fourth-order valence-corrected chi connectivity index (χ4v) is 8.94.